The van der Waals surface area contributed by atoms with Crippen molar-refractivity contribution in [1.82, 2.24) is 9.55 Å². The van der Waals surface area contributed by atoms with Gasteiger partial charge in [0.25, 0.3) is 0 Å². The fraction of sp³-hybridized carbons (Fsp3) is 0.222. The van der Waals surface area contributed by atoms with Gasteiger partial charge < -0.3 is 9.30 Å². The molecule has 0 saturated heterocycles. The minimum Gasteiger partial charge on any atom is -0.496 e. The summed E-state index contributed by atoms with van der Waals surface area (Å²) in [5.41, 5.74) is 3.72. The van der Waals surface area contributed by atoms with E-state index in [0.717, 1.165) is 28.2 Å². The van der Waals surface area contributed by atoms with Crippen molar-refractivity contribution >= 4 is 16.8 Å². The summed E-state index contributed by atoms with van der Waals surface area (Å²) in [6.45, 7) is 4.18. The lowest BCUT2D eigenvalue weighted by atomic mass is 10.1. The van der Waals surface area contributed by atoms with Gasteiger partial charge in [0.15, 0.2) is 5.78 Å². The van der Waals surface area contributed by atoms with Gasteiger partial charge in [-0.25, -0.2) is 4.98 Å². The molecular formula is C18H18N2O2. The first-order chi connectivity index (χ1) is 10.6. The summed E-state index contributed by atoms with van der Waals surface area (Å²) in [7, 11) is 1.64. The standard InChI is InChI=1S/C18H18N2O2/c1-12(21)14-8-9-18(22-3)15(10-14)11-20-13(2)19-16-6-4-5-7-17(16)20/h4-10H,11H2,1-3H3. The number of hydrogen-bond acceptors (Lipinski definition) is 3. The summed E-state index contributed by atoms with van der Waals surface area (Å²) < 4.78 is 7.57. The third-order valence-corrected chi connectivity index (χ3v) is 3.86. The third kappa shape index (κ3) is 2.48. The summed E-state index contributed by atoms with van der Waals surface area (Å²) >= 11 is 0. The molecule has 0 aliphatic heterocycles. The second-order valence-electron chi connectivity index (χ2n) is 5.32. The third-order valence-electron chi connectivity index (χ3n) is 3.86. The monoisotopic (exact) mass is 294 g/mol. The molecule has 1 heterocycles. The minimum atomic E-state index is 0.0520. The highest BCUT2D eigenvalue weighted by molar-refractivity contribution is 5.94. The van der Waals surface area contributed by atoms with Crippen LogP contribution in [0.2, 0.25) is 0 Å². The van der Waals surface area contributed by atoms with E-state index < -0.39 is 0 Å². The average molecular weight is 294 g/mol. The van der Waals surface area contributed by atoms with Crippen molar-refractivity contribution in [3.63, 3.8) is 0 Å². The number of rotatable bonds is 4. The van der Waals surface area contributed by atoms with Crippen LogP contribution in [0.1, 0.15) is 28.7 Å². The maximum Gasteiger partial charge on any atom is 0.159 e. The van der Waals surface area contributed by atoms with Gasteiger partial charge >= 0.3 is 0 Å². The normalized spacial score (nSPS) is 10.9. The van der Waals surface area contributed by atoms with Crippen molar-refractivity contribution < 1.29 is 9.53 Å². The molecule has 0 aliphatic carbocycles. The first-order valence-corrected chi connectivity index (χ1v) is 7.20. The molecule has 1 aromatic heterocycles. The number of imidazole rings is 1. The largest absolute Gasteiger partial charge is 0.496 e. The number of ether oxygens (including phenoxy) is 1. The van der Waals surface area contributed by atoms with Gasteiger partial charge in [0.05, 0.1) is 24.7 Å². The molecule has 0 atom stereocenters. The molecule has 0 fully saturated rings. The smallest absolute Gasteiger partial charge is 0.159 e. The topological polar surface area (TPSA) is 44.1 Å². The number of methoxy groups -OCH3 is 1. The number of Topliss-reactive ketones (excluding diaryl/α,β-unsaturated/α-hetero) is 1. The van der Waals surface area contributed by atoms with Gasteiger partial charge in [-0.1, -0.05) is 12.1 Å². The van der Waals surface area contributed by atoms with Crippen LogP contribution in [0.15, 0.2) is 42.5 Å². The Morgan fingerprint density at radius 1 is 1.23 bits per heavy atom. The van der Waals surface area contributed by atoms with Crippen LogP contribution < -0.4 is 4.74 Å². The molecule has 0 aliphatic rings. The van der Waals surface area contributed by atoms with E-state index in [1.807, 2.05) is 37.3 Å². The molecule has 0 bridgehead atoms. The van der Waals surface area contributed by atoms with Gasteiger partial charge in [-0.2, -0.15) is 0 Å². The fourth-order valence-corrected chi connectivity index (χ4v) is 2.69. The zero-order valence-electron chi connectivity index (χ0n) is 13.0. The molecule has 0 radical (unpaired) electrons. The molecule has 3 rings (SSSR count). The Hall–Kier alpha value is -2.62. The second-order valence-corrected chi connectivity index (χ2v) is 5.32. The van der Waals surface area contributed by atoms with E-state index in [9.17, 15) is 4.79 Å². The fourth-order valence-electron chi connectivity index (χ4n) is 2.69. The molecule has 0 unspecified atom stereocenters. The van der Waals surface area contributed by atoms with Crippen molar-refractivity contribution in [2.24, 2.45) is 0 Å². The van der Waals surface area contributed by atoms with Crippen LogP contribution in [0.4, 0.5) is 0 Å². The summed E-state index contributed by atoms with van der Waals surface area (Å²) in [6, 6.07) is 13.6. The van der Waals surface area contributed by atoms with Crippen LogP contribution in [0, 0.1) is 6.92 Å². The lowest BCUT2D eigenvalue weighted by Crippen LogP contribution is -2.05. The predicted octanol–water partition coefficient (Wildman–Crippen LogP) is 3.60. The molecule has 0 amide bonds. The van der Waals surface area contributed by atoms with Crippen molar-refractivity contribution in [2.75, 3.05) is 7.11 Å². The molecule has 3 aromatic rings. The number of carbonyl (C=O) groups is 1. The summed E-state index contributed by atoms with van der Waals surface area (Å²) in [4.78, 5) is 16.2. The van der Waals surface area contributed by atoms with Gasteiger partial charge in [0.2, 0.25) is 0 Å². The van der Waals surface area contributed by atoms with Crippen molar-refractivity contribution in [2.45, 2.75) is 20.4 Å². The number of aryl methyl sites for hydroxylation is 1. The van der Waals surface area contributed by atoms with Gasteiger partial charge in [-0.05, 0) is 44.2 Å². The Balaban J connectivity index is 2.09. The molecule has 112 valence electrons. The molecule has 0 saturated carbocycles. The van der Waals surface area contributed by atoms with Crippen LogP contribution in [0.5, 0.6) is 5.75 Å². The number of para-hydroxylation sites is 2. The average Bonchev–Trinajstić information content (AvgIpc) is 2.83. The first kappa shape index (κ1) is 14.3. The number of benzene rings is 2. The highest BCUT2D eigenvalue weighted by Crippen LogP contribution is 2.24. The summed E-state index contributed by atoms with van der Waals surface area (Å²) in [5, 5.41) is 0. The zero-order valence-corrected chi connectivity index (χ0v) is 13.0. The predicted molar refractivity (Wildman–Crippen MR) is 86.6 cm³/mol. The Kier molecular flexibility index (Phi) is 3.67. The van der Waals surface area contributed by atoms with E-state index in [-0.39, 0.29) is 5.78 Å². The number of hydrogen-bond donors (Lipinski definition) is 0. The second kappa shape index (κ2) is 5.64. The van der Waals surface area contributed by atoms with Gasteiger partial charge in [-0.3, -0.25) is 4.79 Å². The van der Waals surface area contributed by atoms with Crippen LogP contribution >= 0.6 is 0 Å². The SMILES string of the molecule is COc1ccc(C(C)=O)cc1Cn1c(C)nc2ccccc21. The minimum absolute atomic E-state index is 0.0520. The van der Waals surface area contributed by atoms with E-state index in [1.165, 1.54) is 0 Å². The number of aromatic nitrogens is 2. The van der Waals surface area contributed by atoms with Gasteiger partial charge in [-0.15, -0.1) is 0 Å². The maximum absolute atomic E-state index is 11.6. The molecule has 0 spiro atoms. The number of fused-ring (bicyclic) bond motifs is 1. The number of ketones is 1. The molecule has 4 nitrogen and oxygen atoms in total. The molecule has 4 heteroatoms. The van der Waals surface area contributed by atoms with Crippen LogP contribution in [0.25, 0.3) is 11.0 Å². The maximum atomic E-state index is 11.6. The van der Waals surface area contributed by atoms with E-state index in [2.05, 4.69) is 15.6 Å². The van der Waals surface area contributed by atoms with Crippen molar-refractivity contribution in [1.29, 1.82) is 0 Å². The molecule has 2 aromatic carbocycles. The van der Waals surface area contributed by atoms with E-state index >= 15 is 0 Å². The van der Waals surface area contributed by atoms with E-state index in [1.54, 1.807) is 20.1 Å². The molecule has 22 heavy (non-hydrogen) atoms. The number of nitrogens with zero attached hydrogens (tertiary/aromatic N) is 2. The molecular weight excluding hydrogens is 276 g/mol. The van der Waals surface area contributed by atoms with Crippen LogP contribution in [-0.2, 0) is 6.54 Å². The Morgan fingerprint density at radius 3 is 2.73 bits per heavy atom. The first-order valence-electron chi connectivity index (χ1n) is 7.20. The summed E-state index contributed by atoms with van der Waals surface area (Å²) in [5.74, 6) is 1.77. The van der Waals surface area contributed by atoms with E-state index in [0.29, 0.717) is 12.1 Å². The Morgan fingerprint density at radius 2 is 2.00 bits per heavy atom. The van der Waals surface area contributed by atoms with E-state index in [4.69, 9.17) is 4.74 Å². The Bertz CT molecular complexity index is 849. The Labute approximate surface area is 129 Å². The lowest BCUT2D eigenvalue weighted by Gasteiger charge is -2.12. The van der Waals surface area contributed by atoms with Gasteiger partial charge in [0, 0.05) is 11.1 Å². The summed E-state index contributed by atoms with van der Waals surface area (Å²) in [6.07, 6.45) is 0. The highest BCUT2D eigenvalue weighted by atomic mass is 16.5. The van der Waals surface area contributed by atoms with Crippen molar-refractivity contribution in [3.8, 4) is 5.75 Å². The van der Waals surface area contributed by atoms with Crippen LogP contribution in [-0.4, -0.2) is 22.4 Å². The number of carbonyl (C=O) groups excluding carboxylic acids is 1. The van der Waals surface area contributed by atoms with Crippen LogP contribution in [0.3, 0.4) is 0 Å². The molecule has 0 N–H and O–H groups in total. The quantitative estimate of drug-likeness (QED) is 0.690. The zero-order chi connectivity index (χ0) is 15.7. The highest BCUT2D eigenvalue weighted by Gasteiger charge is 2.12. The lowest BCUT2D eigenvalue weighted by molar-refractivity contribution is 0.101. The van der Waals surface area contributed by atoms with Gasteiger partial charge in [0.1, 0.15) is 11.6 Å². The van der Waals surface area contributed by atoms with Crippen molar-refractivity contribution in [3.05, 3.63) is 59.4 Å².